The van der Waals surface area contributed by atoms with Crippen LogP contribution in [0.3, 0.4) is 0 Å². The van der Waals surface area contributed by atoms with Gasteiger partial charge in [-0.1, -0.05) is 6.07 Å². The average Bonchev–Trinajstić information content (AvgIpc) is 3.04. The molecule has 0 saturated carbocycles. The molecule has 0 fully saturated rings. The van der Waals surface area contributed by atoms with Crippen LogP contribution >= 0.6 is 0 Å². The number of nitrogens with zero attached hydrogens (tertiary/aromatic N) is 7. The second kappa shape index (κ2) is 5.99. The fourth-order valence-corrected chi connectivity index (χ4v) is 2.52. The summed E-state index contributed by atoms with van der Waals surface area (Å²) in [7, 11) is 0. The van der Waals surface area contributed by atoms with Crippen LogP contribution in [-0.4, -0.2) is 36.3 Å². The molecule has 8 heteroatoms. The summed E-state index contributed by atoms with van der Waals surface area (Å²) < 4.78 is 7.74. The Balaban J connectivity index is 1.47. The van der Waals surface area contributed by atoms with E-state index in [0.717, 1.165) is 24.7 Å². The van der Waals surface area contributed by atoms with Crippen LogP contribution in [-0.2, 0) is 19.7 Å². The Morgan fingerprint density at radius 1 is 0.957 bits per heavy atom. The lowest BCUT2D eigenvalue weighted by atomic mass is 10.3. The number of ether oxygens (including phenoxy) is 1. The Bertz CT molecular complexity index is 762. The van der Waals surface area contributed by atoms with E-state index in [4.69, 9.17) is 4.74 Å². The normalized spacial score (nSPS) is 13.7. The number of aromatic nitrogens is 6. The molecule has 0 saturated heterocycles. The van der Waals surface area contributed by atoms with Crippen molar-refractivity contribution in [2.24, 2.45) is 0 Å². The molecule has 8 nitrogen and oxygen atoms in total. The maximum atomic E-state index is 5.66. The van der Waals surface area contributed by atoms with Gasteiger partial charge in [0, 0.05) is 37.7 Å². The van der Waals surface area contributed by atoms with Crippen LogP contribution in [0.2, 0.25) is 0 Å². The molecular formula is C15H15N7O. The van der Waals surface area contributed by atoms with Gasteiger partial charge in [0.15, 0.2) is 11.6 Å². The number of hydrogen-bond acceptors (Lipinski definition) is 7. The van der Waals surface area contributed by atoms with Gasteiger partial charge < -0.3 is 14.2 Å². The summed E-state index contributed by atoms with van der Waals surface area (Å²) in [6.07, 6.45) is 5.19. The zero-order valence-corrected chi connectivity index (χ0v) is 12.4. The first kappa shape index (κ1) is 13.6. The summed E-state index contributed by atoms with van der Waals surface area (Å²) in [5.74, 6) is 3.00. The maximum Gasteiger partial charge on any atom is 0.225 e. The molecule has 0 amide bonds. The molecule has 0 aliphatic carbocycles. The molecule has 0 bridgehead atoms. The van der Waals surface area contributed by atoms with E-state index >= 15 is 0 Å². The molecule has 4 rings (SSSR count). The molecule has 0 spiro atoms. The van der Waals surface area contributed by atoms with Gasteiger partial charge in [-0.15, -0.1) is 10.2 Å². The third kappa shape index (κ3) is 2.83. The van der Waals surface area contributed by atoms with E-state index < -0.39 is 0 Å². The summed E-state index contributed by atoms with van der Waals surface area (Å²) in [5, 5.41) is 8.49. The molecule has 4 heterocycles. The molecule has 0 aromatic carbocycles. The lowest BCUT2D eigenvalue weighted by molar-refractivity contribution is 0.276. The quantitative estimate of drug-likeness (QED) is 0.712. The number of hydrogen-bond donors (Lipinski definition) is 0. The second-order valence-electron chi connectivity index (χ2n) is 5.11. The van der Waals surface area contributed by atoms with Gasteiger partial charge in [-0.2, -0.15) is 0 Å². The van der Waals surface area contributed by atoms with Gasteiger partial charge in [0.05, 0.1) is 6.54 Å². The van der Waals surface area contributed by atoms with E-state index in [1.165, 1.54) is 0 Å². The summed E-state index contributed by atoms with van der Waals surface area (Å²) in [6.45, 7) is 2.58. The van der Waals surface area contributed by atoms with E-state index in [1.807, 2.05) is 24.3 Å². The van der Waals surface area contributed by atoms with Crippen LogP contribution in [0.25, 0.3) is 0 Å². The Hall–Kier alpha value is -3.03. The van der Waals surface area contributed by atoms with Crippen molar-refractivity contribution < 1.29 is 4.74 Å². The highest BCUT2D eigenvalue weighted by Gasteiger charge is 2.22. The van der Waals surface area contributed by atoms with Crippen molar-refractivity contribution in [1.82, 2.24) is 29.7 Å². The van der Waals surface area contributed by atoms with Crippen molar-refractivity contribution in [3.63, 3.8) is 0 Å². The second-order valence-corrected chi connectivity index (χ2v) is 5.11. The Labute approximate surface area is 132 Å². The first-order valence-corrected chi connectivity index (χ1v) is 7.37. The molecule has 0 radical (unpaired) electrons. The summed E-state index contributed by atoms with van der Waals surface area (Å²) >= 11 is 0. The van der Waals surface area contributed by atoms with Gasteiger partial charge in [-0.3, -0.25) is 0 Å². The van der Waals surface area contributed by atoms with Crippen LogP contribution in [0.5, 0.6) is 5.88 Å². The highest BCUT2D eigenvalue weighted by Crippen LogP contribution is 2.17. The van der Waals surface area contributed by atoms with Crippen molar-refractivity contribution in [3.05, 3.63) is 54.5 Å². The molecule has 3 aromatic rings. The Kier molecular flexibility index (Phi) is 3.55. The van der Waals surface area contributed by atoms with E-state index in [0.29, 0.717) is 25.0 Å². The minimum absolute atomic E-state index is 0.353. The van der Waals surface area contributed by atoms with Gasteiger partial charge in [0.2, 0.25) is 11.8 Å². The van der Waals surface area contributed by atoms with Crippen LogP contribution in [0.4, 0.5) is 5.95 Å². The van der Waals surface area contributed by atoms with Crippen molar-refractivity contribution >= 4 is 5.95 Å². The topological polar surface area (TPSA) is 81.9 Å². The van der Waals surface area contributed by atoms with Gasteiger partial charge in [-0.25, -0.2) is 15.0 Å². The molecule has 0 atom stereocenters. The molecule has 116 valence electrons. The van der Waals surface area contributed by atoms with Gasteiger partial charge in [0.1, 0.15) is 6.61 Å². The number of fused-ring (bicyclic) bond motifs is 1. The van der Waals surface area contributed by atoms with Crippen LogP contribution < -0.4 is 9.64 Å². The first-order valence-electron chi connectivity index (χ1n) is 7.37. The number of pyridine rings is 1. The first-order chi connectivity index (χ1) is 11.4. The zero-order chi connectivity index (χ0) is 15.5. The van der Waals surface area contributed by atoms with E-state index in [-0.39, 0.29) is 0 Å². The largest absolute Gasteiger partial charge is 0.469 e. The summed E-state index contributed by atoms with van der Waals surface area (Å²) in [5.41, 5.74) is 0. The summed E-state index contributed by atoms with van der Waals surface area (Å²) in [4.78, 5) is 14.8. The lowest BCUT2D eigenvalue weighted by Crippen LogP contribution is -2.35. The Morgan fingerprint density at radius 3 is 2.65 bits per heavy atom. The molecule has 0 N–H and O–H groups in total. The van der Waals surface area contributed by atoms with Crippen LogP contribution in [0.15, 0.2) is 42.9 Å². The van der Waals surface area contributed by atoms with Crippen molar-refractivity contribution in [2.45, 2.75) is 19.7 Å². The van der Waals surface area contributed by atoms with Crippen molar-refractivity contribution in [3.8, 4) is 5.88 Å². The SMILES string of the molecule is c1ccc(OCc2nnc3n2CCN(c2ncccn2)C3)nc1. The standard InChI is InChI=1S/C15H15N7O/c1-2-5-16-14(4-1)23-11-13-20-19-12-10-21(8-9-22(12)13)15-17-6-3-7-18-15/h1-7H,8-11H2. The van der Waals surface area contributed by atoms with E-state index in [9.17, 15) is 0 Å². The van der Waals surface area contributed by atoms with Gasteiger partial charge in [0.25, 0.3) is 0 Å². The lowest BCUT2D eigenvalue weighted by Gasteiger charge is -2.27. The van der Waals surface area contributed by atoms with Crippen LogP contribution in [0, 0.1) is 0 Å². The molecule has 1 aliphatic rings. The molecule has 3 aromatic heterocycles. The zero-order valence-electron chi connectivity index (χ0n) is 12.4. The molecule has 23 heavy (non-hydrogen) atoms. The smallest absolute Gasteiger partial charge is 0.225 e. The maximum absolute atomic E-state index is 5.66. The van der Waals surface area contributed by atoms with Crippen molar-refractivity contribution in [2.75, 3.05) is 11.4 Å². The van der Waals surface area contributed by atoms with Crippen LogP contribution in [0.1, 0.15) is 11.6 Å². The fourth-order valence-electron chi connectivity index (χ4n) is 2.52. The average molecular weight is 309 g/mol. The third-order valence-electron chi connectivity index (χ3n) is 3.65. The predicted octanol–water partition coefficient (Wildman–Crippen LogP) is 1.06. The highest BCUT2D eigenvalue weighted by molar-refractivity contribution is 5.30. The Morgan fingerprint density at radius 2 is 1.83 bits per heavy atom. The van der Waals surface area contributed by atoms with Crippen molar-refractivity contribution in [1.29, 1.82) is 0 Å². The minimum Gasteiger partial charge on any atom is -0.469 e. The molecule has 0 unspecified atom stereocenters. The molecule has 1 aliphatic heterocycles. The van der Waals surface area contributed by atoms with E-state index in [1.54, 1.807) is 18.6 Å². The minimum atomic E-state index is 0.353. The number of anilines is 1. The highest BCUT2D eigenvalue weighted by atomic mass is 16.5. The van der Waals surface area contributed by atoms with Gasteiger partial charge in [-0.05, 0) is 12.1 Å². The van der Waals surface area contributed by atoms with E-state index in [2.05, 4.69) is 34.6 Å². The monoisotopic (exact) mass is 309 g/mol. The van der Waals surface area contributed by atoms with Gasteiger partial charge >= 0.3 is 0 Å². The predicted molar refractivity (Wildman–Crippen MR) is 81.7 cm³/mol. The summed E-state index contributed by atoms with van der Waals surface area (Å²) in [6, 6.07) is 7.37. The molecular weight excluding hydrogens is 294 g/mol. The third-order valence-corrected chi connectivity index (χ3v) is 3.65. The fraction of sp³-hybridized carbons (Fsp3) is 0.267. The number of rotatable bonds is 4.